The summed E-state index contributed by atoms with van der Waals surface area (Å²) in [6.45, 7) is 15.0. The number of nitrogens with zero attached hydrogens (tertiary/aromatic N) is 5. The molecule has 0 bridgehead atoms. The van der Waals surface area contributed by atoms with Gasteiger partial charge in [-0.25, -0.2) is 27.6 Å². The van der Waals surface area contributed by atoms with Crippen LogP contribution in [0.2, 0.25) is 5.02 Å². The van der Waals surface area contributed by atoms with E-state index in [1.54, 1.807) is 37.3 Å². The Balaban J connectivity index is 1.55. The van der Waals surface area contributed by atoms with Gasteiger partial charge in [0.05, 0.1) is 22.7 Å². The van der Waals surface area contributed by atoms with E-state index < -0.39 is 45.1 Å². The number of ketones is 1. The Hall–Kier alpha value is -5.23. The van der Waals surface area contributed by atoms with Crippen molar-refractivity contribution in [3.05, 3.63) is 89.0 Å². The second-order valence-corrected chi connectivity index (χ2v) is 18.2. The summed E-state index contributed by atoms with van der Waals surface area (Å²) in [5, 5.41) is 13.7. The number of hydrogen-bond donors (Lipinski definition) is 4. The molecule has 1 fully saturated rings. The van der Waals surface area contributed by atoms with Gasteiger partial charge in [0, 0.05) is 49.4 Å². The molecule has 0 spiro atoms. The Kier molecular flexibility index (Phi) is 16.6. The third kappa shape index (κ3) is 11.7. The SMILES string of the molecule is CCCCNC(=O)N(c1ccc(N(CC)CCNS(C)(=O)=O)cc1C)C(C(=O)Nc1cc(NCOC(CC)Oc2ccc(C)cc2C)ccc1Cl)(C(=O)C1(CC)CC1)n1cncn1. The predicted octanol–water partition coefficient (Wildman–Crippen LogP) is 7.50. The number of likely N-dealkylation sites (N-methyl/N-ethyl adjacent to an activating group) is 1. The first-order valence-electron chi connectivity index (χ1n) is 21.5. The smallest absolute Gasteiger partial charge is 0.324 e. The van der Waals surface area contributed by atoms with Crippen molar-refractivity contribution in [3.8, 4) is 5.75 Å². The Morgan fingerprint density at radius 1 is 0.984 bits per heavy atom. The first-order valence-corrected chi connectivity index (χ1v) is 23.8. The summed E-state index contributed by atoms with van der Waals surface area (Å²) < 4.78 is 39.5. The monoisotopic (exact) mass is 907 g/mol. The van der Waals surface area contributed by atoms with Crippen LogP contribution < -0.4 is 35.2 Å². The molecule has 3 aromatic carbocycles. The molecular formula is C45H62ClN9O7S. The molecule has 1 aliphatic rings. The molecule has 1 aliphatic carbocycles. The van der Waals surface area contributed by atoms with Crippen LogP contribution in [-0.4, -0.2) is 86.4 Å². The number of halogens is 1. The minimum atomic E-state index is -3.40. The highest BCUT2D eigenvalue weighted by atomic mass is 35.5. The van der Waals surface area contributed by atoms with Crippen LogP contribution >= 0.6 is 11.6 Å². The van der Waals surface area contributed by atoms with Gasteiger partial charge in [-0.15, -0.1) is 0 Å². The van der Waals surface area contributed by atoms with E-state index in [0.717, 1.165) is 39.9 Å². The van der Waals surface area contributed by atoms with E-state index in [1.807, 2.05) is 70.7 Å². The van der Waals surface area contributed by atoms with Crippen LogP contribution in [-0.2, 0) is 30.0 Å². The Morgan fingerprint density at radius 3 is 2.35 bits per heavy atom. The van der Waals surface area contributed by atoms with E-state index in [1.165, 1.54) is 17.6 Å². The van der Waals surface area contributed by atoms with Gasteiger partial charge in [0.15, 0.2) is 5.78 Å². The predicted molar refractivity (Wildman–Crippen MR) is 248 cm³/mol. The van der Waals surface area contributed by atoms with E-state index >= 15 is 9.59 Å². The number of aromatic nitrogens is 3. The second kappa shape index (κ2) is 21.4. The maximum atomic E-state index is 15.5. The van der Waals surface area contributed by atoms with Crippen molar-refractivity contribution < 1.29 is 32.3 Å². The molecule has 16 nitrogen and oxygen atoms in total. The number of urea groups is 1. The minimum Gasteiger partial charge on any atom is -0.465 e. The summed E-state index contributed by atoms with van der Waals surface area (Å²) in [7, 11) is -3.40. The average Bonchev–Trinajstić information content (AvgIpc) is 3.86. The summed E-state index contributed by atoms with van der Waals surface area (Å²) in [5.41, 5.74) is 1.06. The van der Waals surface area contributed by atoms with Crippen LogP contribution in [0.1, 0.15) is 82.9 Å². The highest BCUT2D eigenvalue weighted by molar-refractivity contribution is 7.88. The van der Waals surface area contributed by atoms with Crippen molar-refractivity contribution in [2.45, 2.75) is 98.9 Å². The number of anilines is 4. The standard InChI is InChI=1S/C45H62ClN9O7S/c1-9-13-22-48-43(58)55(38-18-16-35(26-32(38)6)53(12-4)24-23-51-63(8,59)60)45(54-29-47-28-50-54,41(56)44(11-3)20-21-44)42(57)52-37-27-34(15-17-36(37)46)49-30-61-40(10-2)62-39-19-14-31(5)25-33(39)7/h14-19,25-29,40,49,51H,9-13,20-24,30H2,1-8H3,(H,48,58)(H,52,57). The van der Waals surface area contributed by atoms with E-state index in [0.29, 0.717) is 56.4 Å². The molecule has 0 aliphatic heterocycles. The quantitative estimate of drug-likeness (QED) is 0.0310. The van der Waals surface area contributed by atoms with Crippen LogP contribution in [0.3, 0.4) is 0 Å². The third-order valence-corrected chi connectivity index (χ3v) is 12.4. The molecule has 2 unspecified atom stereocenters. The average molecular weight is 909 g/mol. The number of Topliss-reactive ketones (excluding diaryl/α,β-unsaturated/α-hetero) is 1. The van der Waals surface area contributed by atoms with Crippen LogP contribution in [0.5, 0.6) is 5.75 Å². The summed E-state index contributed by atoms with van der Waals surface area (Å²) in [4.78, 5) is 53.3. The number of unbranched alkanes of at least 4 members (excludes halogenated alkanes) is 1. The molecule has 0 saturated heterocycles. The lowest BCUT2D eigenvalue weighted by Gasteiger charge is -2.43. The summed E-state index contributed by atoms with van der Waals surface area (Å²) >= 11 is 6.79. The fraction of sp³-hybridized carbons (Fsp3) is 0.489. The highest BCUT2D eigenvalue weighted by Gasteiger charge is 2.65. The lowest BCUT2D eigenvalue weighted by Crippen LogP contribution is -2.68. The molecule has 1 saturated carbocycles. The molecule has 342 valence electrons. The lowest BCUT2D eigenvalue weighted by molar-refractivity contribution is -0.142. The fourth-order valence-corrected chi connectivity index (χ4v) is 8.15. The molecule has 18 heteroatoms. The van der Waals surface area contributed by atoms with E-state index in [4.69, 9.17) is 21.1 Å². The van der Waals surface area contributed by atoms with Gasteiger partial charge in [-0.3, -0.25) is 14.5 Å². The van der Waals surface area contributed by atoms with Crippen molar-refractivity contribution in [3.63, 3.8) is 0 Å². The lowest BCUT2D eigenvalue weighted by atomic mass is 9.85. The molecule has 3 amide bonds. The second-order valence-electron chi connectivity index (χ2n) is 16.0. The molecular weight excluding hydrogens is 846 g/mol. The van der Waals surface area contributed by atoms with Gasteiger partial charge in [0.2, 0.25) is 16.3 Å². The van der Waals surface area contributed by atoms with Gasteiger partial charge >= 0.3 is 6.03 Å². The number of aryl methyl sites for hydroxylation is 3. The van der Waals surface area contributed by atoms with Crippen LogP contribution in [0.25, 0.3) is 0 Å². The van der Waals surface area contributed by atoms with E-state index in [2.05, 4.69) is 30.8 Å². The van der Waals surface area contributed by atoms with Crippen molar-refractivity contribution >= 4 is 62.1 Å². The first-order chi connectivity index (χ1) is 30.0. The van der Waals surface area contributed by atoms with Crippen molar-refractivity contribution in [2.24, 2.45) is 5.41 Å². The van der Waals surface area contributed by atoms with Gasteiger partial charge in [-0.05, 0) is 107 Å². The van der Waals surface area contributed by atoms with Gasteiger partial charge in [-0.2, -0.15) is 5.10 Å². The molecule has 2 atom stereocenters. The highest BCUT2D eigenvalue weighted by Crippen LogP contribution is 2.54. The number of benzene rings is 3. The van der Waals surface area contributed by atoms with Gasteiger partial charge in [-0.1, -0.05) is 56.5 Å². The summed E-state index contributed by atoms with van der Waals surface area (Å²) in [6, 6.07) is 15.5. The molecule has 4 aromatic rings. The Bertz CT molecular complexity index is 2330. The van der Waals surface area contributed by atoms with Crippen LogP contribution in [0.4, 0.5) is 27.5 Å². The maximum absolute atomic E-state index is 15.5. The zero-order valence-corrected chi connectivity index (χ0v) is 39.2. The first kappa shape index (κ1) is 48.8. The van der Waals surface area contributed by atoms with Crippen molar-refractivity contribution in [2.75, 3.05) is 59.6 Å². The number of sulfonamides is 1. The molecule has 4 N–H and O–H groups in total. The molecule has 5 rings (SSSR count). The number of hydrogen-bond acceptors (Lipinski definition) is 11. The molecule has 1 aromatic heterocycles. The number of carbonyl (C=O) groups excluding carboxylic acids is 3. The largest absolute Gasteiger partial charge is 0.465 e. The summed E-state index contributed by atoms with van der Waals surface area (Å²) in [6.07, 6.45) is 6.51. The van der Waals surface area contributed by atoms with Crippen LogP contribution in [0.15, 0.2) is 67.3 Å². The maximum Gasteiger partial charge on any atom is 0.324 e. The number of rotatable bonds is 24. The Morgan fingerprint density at radius 2 is 1.75 bits per heavy atom. The number of carbonyl (C=O) groups is 3. The number of ether oxygens (including phenoxy) is 2. The van der Waals surface area contributed by atoms with Gasteiger partial charge in [0.1, 0.15) is 25.1 Å². The number of nitrogens with one attached hydrogen (secondary N) is 4. The van der Waals surface area contributed by atoms with Gasteiger partial charge < -0.3 is 30.3 Å². The molecule has 1 heterocycles. The van der Waals surface area contributed by atoms with Crippen LogP contribution in [0, 0.1) is 26.2 Å². The van der Waals surface area contributed by atoms with Crippen molar-refractivity contribution in [1.82, 2.24) is 24.8 Å². The minimum absolute atomic E-state index is 0.0590. The topological polar surface area (TPSA) is 189 Å². The Labute approximate surface area is 376 Å². The number of amides is 3. The van der Waals surface area contributed by atoms with Gasteiger partial charge in [0.25, 0.3) is 11.6 Å². The van der Waals surface area contributed by atoms with E-state index in [9.17, 15) is 13.2 Å². The molecule has 63 heavy (non-hydrogen) atoms. The fourth-order valence-electron chi connectivity index (χ4n) is 7.53. The normalized spacial score (nSPS) is 14.6. The zero-order chi connectivity index (χ0) is 46.0. The molecule has 0 radical (unpaired) electrons. The third-order valence-electron chi connectivity index (χ3n) is 11.3. The van der Waals surface area contributed by atoms with E-state index in [-0.39, 0.29) is 36.2 Å². The zero-order valence-electron chi connectivity index (χ0n) is 37.6. The van der Waals surface area contributed by atoms with Crippen molar-refractivity contribution in [1.29, 1.82) is 0 Å². The summed E-state index contributed by atoms with van der Waals surface area (Å²) in [5.74, 6) is -0.672.